The topological polar surface area (TPSA) is 0 Å². The lowest BCUT2D eigenvalue weighted by atomic mass is 9.80. The maximum absolute atomic E-state index is 2.42. The molecule has 0 aromatic heterocycles. The fourth-order valence-electron chi connectivity index (χ4n) is 3.02. The summed E-state index contributed by atoms with van der Waals surface area (Å²) in [4.78, 5) is 0. The van der Waals surface area contributed by atoms with Crippen molar-refractivity contribution in [2.24, 2.45) is 11.8 Å². The highest BCUT2D eigenvalue weighted by Gasteiger charge is 2.18. The minimum atomic E-state index is 0.885. The SMILES string of the molecule is C/C=C/C1CCC(CC/C=C/CCCCC)CC1. The lowest BCUT2D eigenvalue weighted by Crippen LogP contribution is -2.12. The quantitative estimate of drug-likeness (QED) is 0.350. The Bertz CT molecular complexity index is 228. The maximum atomic E-state index is 2.42. The lowest BCUT2D eigenvalue weighted by molar-refractivity contribution is 0.297. The Morgan fingerprint density at radius 2 is 1.67 bits per heavy atom. The van der Waals surface area contributed by atoms with Crippen LogP contribution in [0.2, 0.25) is 0 Å². The van der Waals surface area contributed by atoms with Gasteiger partial charge in [-0.05, 0) is 70.1 Å². The molecule has 0 atom stereocenters. The van der Waals surface area contributed by atoms with Crippen LogP contribution in [0.25, 0.3) is 0 Å². The fraction of sp³-hybridized carbons (Fsp3) is 0.778. The number of rotatable bonds is 8. The normalized spacial score (nSPS) is 25.2. The number of unbranched alkanes of at least 4 members (excludes halogenated alkanes) is 3. The Morgan fingerprint density at radius 1 is 0.944 bits per heavy atom. The second kappa shape index (κ2) is 10.4. The summed E-state index contributed by atoms with van der Waals surface area (Å²) in [6, 6.07) is 0. The van der Waals surface area contributed by atoms with Crippen LogP contribution in [0.15, 0.2) is 24.3 Å². The van der Waals surface area contributed by atoms with Crippen molar-refractivity contribution in [3.8, 4) is 0 Å². The number of allylic oxidation sites excluding steroid dienone is 4. The molecule has 0 heterocycles. The monoisotopic (exact) mass is 248 g/mol. The van der Waals surface area contributed by atoms with Gasteiger partial charge in [-0.25, -0.2) is 0 Å². The van der Waals surface area contributed by atoms with Crippen molar-refractivity contribution in [1.29, 1.82) is 0 Å². The molecule has 0 aliphatic heterocycles. The average Bonchev–Trinajstić information content (AvgIpc) is 2.40. The largest absolute Gasteiger partial charge is 0.0914 e. The third-order valence-electron chi connectivity index (χ3n) is 4.24. The van der Waals surface area contributed by atoms with Gasteiger partial charge in [-0.3, -0.25) is 0 Å². The first-order chi connectivity index (χ1) is 8.86. The standard InChI is InChI=1S/C18H32/c1-3-5-6-7-8-9-10-12-18-15-13-17(11-4-2)14-16-18/h4,8-9,11,17-18H,3,5-7,10,12-16H2,1-2H3/b9-8+,11-4+. The molecule has 0 heteroatoms. The number of hydrogen-bond donors (Lipinski definition) is 0. The summed E-state index contributed by atoms with van der Waals surface area (Å²) in [6.45, 7) is 4.42. The van der Waals surface area contributed by atoms with E-state index in [9.17, 15) is 0 Å². The van der Waals surface area contributed by atoms with Gasteiger partial charge in [0, 0.05) is 0 Å². The molecule has 1 aliphatic carbocycles. The average molecular weight is 248 g/mol. The molecular formula is C18H32. The smallest absolute Gasteiger partial charge is 0.0233 e. The van der Waals surface area contributed by atoms with E-state index < -0.39 is 0 Å². The molecule has 0 aromatic carbocycles. The molecule has 1 saturated carbocycles. The highest BCUT2D eigenvalue weighted by molar-refractivity contribution is 4.89. The third kappa shape index (κ3) is 7.03. The van der Waals surface area contributed by atoms with Crippen LogP contribution in [0.3, 0.4) is 0 Å². The Morgan fingerprint density at radius 3 is 2.33 bits per heavy atom. The minimum absolute atomic E-state index is 0.885. The predicted octanol–water partition coefficient (Wildman–Crippen LogP) is 6.29. The summed E-state index contributed by atoms with van der Waals surface area (Å²) < 4.78 is 0. The summed E-state index contributed by atoms with van der Waals surface area (Å²) in [6.07, 6.45) is 23.4. The van der Waals surface area contributed by atoms with Crippen LogP contribution >= 0.6 is 0 Å². The van der Waals surface area contributed by atoms with E-state index in [0.717, 1.165) is 11.8 Å². The zero-order chi connectivity index (χ0) is 13.1. The van der Waals surface area contributed by atoms with Gasteiger partial charge in [-0.1, -0.05) is 44.1 Å². The van der Waals surface area contributed by atoms with E-state index in [-0.39, 0.29) is 0 Å². The summed E-state index contributed by atoms with van der Waals surface area (Å²) in [5.41, 5.74) is 0. The summed E-state index contributed by atoms with van der Waals surface area (Å²) in [5.74, 6) is 1.89. The van der Waals surface area contributed by atoms with Crippen molar-refractivity contribution >= 4 is 0 Å². The molecule has 1 fully saturated rings. The first-order valence-corrected chi connectivity index (χ1v) is 8.14. The van der Waals surface area contributed by atoms with Gasteiger partial charge in [0.15, 0.2) is 0 Å². The van der Waals surface area contributed by atoms with E-state index in [1.165, 1.54) is 64.2 Å². The highest BCUT2D eigenvalue weighted by Crippen LogP contribution is 2.32. The zero-order valence-electron chi connectivity index (χ0n) is 12.5. The van der Waals surface area contributed by atoms with Crippen LogP contribution in [-0.4, -0.2) is 0 Å². The van der Waals surface area contributed by atoms with Crippen LogP contribution in [0.1, 0.15) is 78.1 Å². The van der Waals surface area contributed by atoms with Crippen LogP contribution in [0, 0.1) is 11.8 Å². The van der Waals surface area contributed by atoms with Crippen molar-refractivity contribution in [1.82, 2.24) is 0 Å². The second-order valence-electron chi connectivity index (χ2n) is 5.85. The van der Waals surface area contributed by atoms with Gasteiger partial charge in [0.1, 0.15) is 0 Å². The molecule has 0 aromatic rings. The lowest BCUT2D eigenvalue weighted by Gasteiger charge is -2.26. The van der Waals surface area contributed by atoms with E-state index in [2.05, 4.69) is 38.2 Å². The third-order valence-corrected chi connectivity index (χ3v) is 4.24. The van der Waals surface area contributed by atoms with Crippen molar-refractivity contribution in [2.45, 2.75) is 78.1 Å². The molecule has 0 saturated heterocycles. The van der Waals surface area contributed by atoms with Gasteiger partial charge in [0.25, 0.3) is 0 Å². The first-order valence-electron chi connectivity index (χ1n) is 8.14. The molecule has 1 aliphatic rings. The minimum Gasteiger partial charge on any atom is -0.0914 e. The predicted molar refractivity (Wildman–Crippen MR) is 82.8 cm³/mol. The molecule has 0 radical (unpaired) electrons. The summed E-state index contributed by atoms with van der Waals surface area (Å²) in [5, 5.41) is 0. The molecule has 0 spiro atoms. The molecule has 0 bridgehead atoms. The van der Waals surface area contributed by atoms with Crippen LogP contribution in [0.5, 0.6) is 0 Å². The van der Waals surface area contributed by atoms with Crippen LogP contribution in [-0.2, 0) is 0 Å². The molecule has 1 rings (SSSR count). The Balaban J connectivity index is 2.00. The Kier molecular flexibility index (Phi) is 8.98. The summed E-state index contributed by atoms with van der Waals surface area (Å²) in [7, 11) is 0. The van der Waals surface area contributed by atoms with Crippen molar-refractivity contribution in [2.75, 3.05) is 0 Å². The van der Waals surface area contributed by atoms with Gasteiger partial charge in [-0.15, -0.1) is 0 Å². The van der Waals surface area contributed by atoms with Crippen molar-refractivity contribution in [3.63, 3.8) is 0 Å². The van der Waals surface area contributed by atoms with Gasteiger partial charge in [-0.2, -0.15) is 0 Å². The molecular weight excluding hydrogens is 216 g/mol. The molecule has 0 N–H and O–H groups in total. The van der Waals surface area contributed by atoms with E-state index in [4.69, 9.17) is 0 Å². The van der Waals surface area contributed by atoms with Crippen LogP contribution < -0.4 is 0 Å². The van der Waals surface area contributed by atoms with Gasteiger partial charge < -0.3 is 0 Å². The molecule has 0 amide bonds. The van der Waals surface area contributed by atoms with Gasteiger partial charge >= 0.3 is 0 Å². The molecule has 0 nitrogen and oxygen atoms in total. The van der Waals surface area contributed by atoms with Crippen molar-refractivity contribution < 1.29 is 0 Å². The van der Waals surface area contributed by atoms with Crippen molar-refractivity contribution in [3.05, 3.63) is 24.3 Å². The number of hydrogen-bond acceptors (Lipinski definition) is 0. The Hall–Kier alpha value is -0.520. The molecule has 104 valence electrons. The van der Waals surface area contributed by atoms with Gasteiger partial charge in [0.05, 0.1) is 0 Å². The first kappa shape index (κ1) is 15.5. The van der Waals surface area contributed by atoms with Crippen LogP contribution in [0.4, 0.5) is 0 Å². The zero-order valence-corrected chi connectivity index (χ0v) is 12.5. The Labute approximate surface area is 115 Å². The van der Waals surface area contributed by atoms with Gasteiger partial charge in [0.2, 0.25) is 0 Å². The summed E-state index contributed by atoms with van der Waals surface area (Å²) >= 11 is 0. The molecule has 0 unspecified atom stereocenters. The maximum Gasteiger partial charge on any atom is -0.0233 e. The second-order valence-corrected chi connectivity index (χ2v) is 5.85. The fourth-order valence-corrected chi connectivity index (χ4v) is 3.02. The van der Waals surface area contributed by atoms with E-state index in [1.807, 2.05) is 0 Å². The highest BCUT2D eigenvalue weighted by atomic mass is 14.2. The van der Waals surface area contributed by atoms with E-state index >= 15 is 0 Å². The molecule has 18 heavy (non-hydrogen) atoms. The van der Waals surface area contributed by atoms with E-state index in [0.29, 0.717) is 0 Å². The van der Waals surface area contributed by atoms with E-state index in [1.54, 1.807) is 0 Å².